The third-order valence-electron chi connectivity index (χ3n) is 5.41. The predicted molar refractivity (Wildman–Crippen MR) is 111 cm³/mol. The van der Waals surface area contributed by atoms with Gasteiger partial charge < -0.3 is 24.5 Å². The molecule has 0 aliphatic carbocycles. The second-order valence-electron chi connectivity index (χ2n) is 8.39. The minimum Gasteiger partial charge on any atom is -0.508 e. The average Bonchev–Trinajstić information content (AvgIpc) is 3.06. The largest absolute Gasteiger partial charge is 0.508 e. The fourth-order valence-corrected chi connectivity index (χ4v) is 3.74. The maximum absolute atomic E-state index is 13.4. The summed E-state index contributed by atoms with van der Waals surface area (Å²) in [5, 5.41) is 31.8. The molecule has 0 saturated heterocycles. The van der Waals surface area contributed by atoms with Gasteiger partial charge in [0.25, 0.3) is 0 Å². The smallest absolute Gasteiger partial charge is 0.204 e. The number of fused-ring (bicyclic) bond motifs is 3. The van der Waals surface area contributed by atoms with Gasteiger partial charge in [-0.2, -0.15) is 0 Å². The summed E-state index contributed by atoms with van der Waals surface area (Å²) >= 11 is 0. The number of hydrogen-bond donors (Lipinski definition) is 3. The van der Waals surface area contributed by atoms with Crippen LogP contribution in [0.5, 0.6) is 17.2 Å². The molecule has 1 unspecified atom stereocenters. The van der Waals surface area contributed by atoms with Crippen LogP contribution >= 0.6 is 0 Å². The van der Waals surface area contributed by atoms with E-state index in [0.717, 1.165) is 5.57 Å². The Balaban J connectivity index is 2.00. The molecule has 0 saturated carbocycles. The van der Waals surface area contributed by atoms with Crippen molar-refractivity contribution in [1.82, 2.24) is 0 Å². The van der Waals surface area contributed by atoms with Gasteiger partial charge in [0.2, 0.25) is 5.43 Å². The van der Waals surface area contributed by atoms with Crippen molar-refractivity contribution < 1.29 is 24.5 Å². The maximum Gasteiger partial charge on any atom is 0.204 e. The summed E-state index contributed by atoms with van der Waals surface area (Å²) < 4.78 is 11.7. The summed E-state index contributed by atoms with van der Waals surface area (Å²) in [5.41, 5.74) is 1.02. The number of benzene rings is 2. The molecule has 0 amide bonds. The van der Waals surface area contributed by atoms with Crippen LogP contribution in [0.1, 0.15) is 38.8 Å². The lowest BCUT2D eigenvalue weighted by Crippen LogP contribution is -2.39. The zero-order chi connectivity index (χ0) is 21.1. The SMILES string of the molecule is CC(C)=CCc1c(O)ccc2oc3cc4c(c(O)c3c(=O)c12)CC(C(C)(C)O)O4. The van der Waals surface area contributed by atoms with Crippen LogP contribution in [0.25, 0.3) is 21.9 Å². The van der Waals surface area contributed by atoms with Crippen LogP contribution < -0.4 is 10.2 Å². The lowest BCUT2D eigenvalue weighted by molar-refractivity contribution is -0.0229. The second kappa shape index (κ2) is 6.52. The number of ether oxygens (including phenoxy) is 1. The zero-order valence-corrected chi connectivity index (χ0v) is 16.9. The lowest BCUT2D eigenvalue weighted by atomic mass is 9.95. The number of aromatic hydroxyl groups is 2. The Morgan fingerprint density at radius 3 is 2.59 bits per heavy atom. The number of phenolic OH excluding ortho intramolecular Hbond substituents is 2. The molecule has 152 valence electrons. The molecule has 3 aromatic rings. The molecule has 1 aliphatic heterocycles. The van der Waals surface area contributed by atoms with Crippen molar-refractivity contribution in [2.24, 2.45) is 0 Å². The summed E-state index contributed by atoms with van der Waals surface area (Å²) in [7, 11) is 0. The molecule has 29 heavy (non-hydrogen) atoms. The zero-order valence-electron chi connectivity index (χ0n) is 16.9. The fraction of sp³-hybridized carbons (Fsp3) is 0.348. The molecule has 1 atom stereocenters. The molecular weight excluding hydrogens is 372 g/mol. The van der Waals surface area contributed by atoms with Crippen molar-refractivity contribution in [2.45, 2.75) is 52.2 Å². The standard InChI is InChI=1S/C23H24O6/c1-11(2)5-6-12-14(24)7-8-15-19(12)22(26)20-17(28-15)10-16-13(21(20)25)9-18(29-16)23(3,4)27/h5,7-8,10,18,24-25,27H,6,9H2,1-4H3. The molecule has 2 heterocycles. The number of aliphatic hydroxyl groups is 1. The van der Waals surface area contributed by atoms with E-state index in [-0.39, 0.29) is 34.3 Å². The number of phenols is 2. The Morgan fingerprint density at radius 1 is 1.21 bits per heavy atom. The number of rotatable bonds is 3. The first-order chi connectivity index (χ1) is 13.6. The Labute approximate surface area is 167 Å². The summed E-state index contributed by atoms with van der Waals surface area (Å²) in [6.07, 6.45) is 2.03. The highest BCUT2D eigenvalue weighted by Gasteiger charge is 2.37. The van der Waals surface area contributed by atoms with Gasteiger partial charge in [-0.25, -0.2) is 0 Å². The first-order valence-corrected chi connectivity index (χ1v) is 9.56. The third kappa shape index (κ3) is 3.13. The van der Waals surface area contributed by atoms with Gasteiger partial charge >= 0.3 is 0 Å². The van der Waals surface area contributed by atoms with Gasteiger partial charge in [-0.3, -0.25) is 4.79 Å². The first-order valence-electron chi connectivity index (χ1n) is 9.56. The van der Waals surface area contributed by atoms with E-state index >= 15 is 0 Å². The van der Waals surface area contributed by atoms with E-state index in [1.165, 1.54) is 6.07 Å². The average molecular weight is 396 g/mol. The van der Waals surface area contributed by atoms with Crippen LogP contribution in [0, 0.1) is 0 Å². The Hall–Kier alpha value is -2.99. The first kappa shape index (κ1) is 19.3. The van der Waals surface area contributed by atoms with E-state index in [4.69, 9.17) is 9.15 Å². The Kier molecular flexibility index (Phi) is 4.35. The van der Waals surface area contributed by atoms with E-state index in [9.17, 15) is 20.1 Å². The molecule has 0 spiro atoms. The summed E-state index contributed by atoms with van der Waals surface area (Å²) in [5.74, 6) is 0.206. The highest BCUT2D eigenvalue weighted by molar-refractivity contribution is 5.97. The molecule has 4 rings (SSSR count). The molecule has 6 heteroatoms. The van der Waals surface area contributed by atoms with Crippen molar-refractivity contribution in [3.05, 3.63) is 51.2 Å². The van der Waals surface area contributed by atoms with Crippen molar-refractivity contribution in [3.63, 3.8) is 0 Å². The van der Waals surface area contributed by atoms with Crippen LogP contribution in [0.3, 0.4) is 0 Å². The van der Waals surface area contributed by atoms with E-state index < -0.39 is 17.1 Å². The summed E-state index contributed by atoms with van der Waals surface area (Å²) in [4.78, 5) is 13.4. The van der Waals surface area contributed by atoms with Crippen molar-refractivity contribution in [3.8, 4) is 17.2 Å². The fourth-order valence-electron chi connectivity index (χ4n) is 3.74. The Bertz CT molecular complexity index is 1220. The Morgan fingerprint density at radius 2 is 1.93 bits per heavy atom. The quantitative estimate of drug-likeness (QED) is 0.458. The molecule has 2 aromatic carbocycles. The minimum atomic E-state index is -1.11. The number of hydrogen-bond acceptors (Lipinski definition) is 6. The lowest BCUT2D eigenvalue weighted by Gasteiger charge is -2.24. The third-order valence-corrected chi connectivity index (χ3v) is 5.41. The molecule has 1 aliphatic rings. The topological polar surface area (TPSA) is 100 Å². The van der Waals surface area contributed by atoms with E-state index in [1.54, 1.807) is 26.0 Å². The minimum absolute atomic E-state index is 0.00715. The van der Waals surface area contributed by atoms with Crippen molar-refractivity contribution in [2.75, 3.05) is 0 Å². The normalized spacial score (nSPS) is 16.1. The molecule has 1 aromatic heterocycles. The second-order valence-corrected chi connectivity index (χ2v) is 8.39. The van der Waals surface area contributed by atoms with Crippen molar-refractivity contribution >= 4 is 21.9 Å². The van der Waals surface area contributed by atoms with Crippen LogP contribution in [0.2, 0.25) is 0 Å². The number of allylic oxidation sites excluding steroid dienone is 2. The van der Waals surface area contributed by atoms with E-state index in [1.807, 2.05) is 19.9 Å². The van der Waals surface area contributed by atoms with Crippen molar-refractivity contribution in [1.29, 1.82) is 0 Å². The van der Waals surface area contributed by atoms with Gasteiger partial charge in [-0.05, 0) is 46.2 Å². The van der Waals surface area contributed by atoms with Gasteiger partial charge in [0.15, 0.2) is 0 Å². The molecule has 0 radical (unpaired) electrons. The monoisotopic (exact) mass is 396 g/mol. The van der Waals surface area contributed by atoms with Crippen LogP contribution in [0.4, 0.5) is 0 Å². The maximum atomic E-state index is 13.4. The van der Waals surface area contributed by atoms with E-state index in [2.05, 4.69) is 0 Å². The molecular formula is C23H24O6. The highest BCUT2D eigenvalue weighted by atomic mass is 16.5. The van der Waals surface area contributed by atoms with E-state index in [0.29, 0.717) is 28.9 Å². The van der Waals surface area contributed by atoms with Gasteiger partial charge in [0.05, 0.1) is 11.0 Å². The molecule has 6 nitrogen and oxygen atoms in total. The molecule has 3 N–H and O–H groups in total. The summed E-state index contributed by atoms with van der Waals surface area (Å²) in [6.45, 7) is 7.15. The predicted octanol–water partition coefficient (Wildman–Crippen LogP) is 3.94. The molecule has 0 bridgehead atoms. The van der Waals surface area contributed by atoms with Gasteiger partial charge in [-0.1, -0.05) is 11.6 Å². The van der Waals surface area contributed by atoms with Crippen LogP contribution in [-0.4, -0.2) is 27.0 Å². The van der Waals surface area contributed by atoms with Crippen LogP contribution in [-0.2, 0) is 12.8 Å². The highest BCUT2D eigenvalue weighted by Crippen LogP contribution is 2.43. The van der Waals surface area contributed by atoms with Gasteiger partial charge in [0, 0.05) is 23.6 Å². The van der Waals surface area contributed by atoms with Crippen LogP contribution in [0.15, 0.2) is 39.1 Å². The van der Waals surface area contributed by atoms with Gasteiger partial charge in [-0.15, -0.1) is 0 Å². The summed E-state index contributed by atoms with van der Waals surface area (Å²) in [6, 6.07) is 4.63. The van der Waals surface area contributed by atoms with Gasteiger partial charge in [0.1, 0.15) is 39.9 Å². The molecule has 0 fully saturated rings.